The Kier molecular flexibility index (Phi) is 5.67. The van der Waals surface area contributed by atoms with Crippen molar-refractivity contribution < 1.29 is 14.5 Å². The Bertz CT molecular complexity index is 730. The van der Waals surface area contributed by atoms with Crippen LogP contribution in [-0.2, 0) is 4.79 Å². The number of nitro groups is 1. The van der Waals surface area contributed by atoms with Gasteiger partial charge in [-0.25, -0.2) is 5.43 Å². The van der Waals surface area contributed by atoms with Crippen LogP contribution in [0.15, 0.2) is 41.5 Å². The molecular formula is C14H12ClN3O4S. The fourth-order valence-corrected chi connectivity index (χ4v) is 2.35. The number of nitrogens with zero attached hydrogens (tertiary/aromatic N) is 2. The van der Waals surface area contributed by atoms with Crippen molar-refractivity contribution in [3.8, 4) is 5.75 Å². The van der Waals surface area contributed by atoms with Crippen LogP contribution in [0.2, 0.25) is 5.02 Å². The zero-order valence-corrected chi connectivity index (χ0v) is 13.5. The molecule has 9 heteroatoms. The molecular weight excluding hydrogens is 342 g/mol. The summed E-state index contributed by atoms with van der Waals surface area (Å²) in [4.78, 5) is 22.5. The van der Waals surface area contributed by atoms with Crippen molar-refractivity contribution in [3.63, 3.8) is 0 Å². The molecule has 1 amide bonds. The van der Waals surface area contributed by atoms with Crippen LogP contribution in [0, 0.1) is 10.1 Å². The Labute approximate surface area is 140 Å². The third-order valence-electron chi connectivity index (χ3n) is 2.65. The summed E-state index contributed by atoms with van der Waals surface area (Å²) in [5.41, 5.74) is 2.32. The summed E-state index contributed by atoms with van der Waals surface area (Å²) in [5.74, 6) is 0.0668. The molecule has 0 saturated heterocycles. The minimum atomic E-state index is -0.758. The van der Waals surface area contributed by atoms with Gasteiger partial charge in [-0.2, -0.15) is 5.10 Å². The van der Waals surface area contributed by atoms with Crippen LogP contribution in [0.25, 0.3) is 0 Å². The molecule has 0 fully saturated rings. The monoisotopic (exact) mass is 353 g/mol. The van der Waals surface area contributed by atoms with Gasteiger partial charge in [0.1, 0.15) is 5.75 Å². The summed E-state index contributed by atoms with van der Waals surface area (Å²) in [6, 6.07) is 9.54. The zero-order valence-electron chi connectivity index (χ0n) is 11.9. The second kappa shape index (κ2) is 7.70. The SMILES string of the molecule is CC(Oc1ccc(Cl)cc1)C(=O)N/N=C/c1ccc([N+](=O)[O-])s1. The number of halogens is 1. The minimum absolute atomic E-state index is 0.0113. The first-order valence-electron chi connectivity index (χ1n) is 6.45. The fourth-order valence-electron chi connectivity index (χ4n) is 1.53. The highest BCUT2D eigenvalue weighted by Gasteiger charge is 2.14. The molecule has 1 heterocycles. The van der Waals surface area contributed by atoms with E-state index in [-0.39, 0.29) is 5.00 Å². The quantitative estimate of drug-likeness (QED) is 0.490. The molecule has 1 N–H and O–H groups in total. The molecule has 0 bridgehead atoms. The second-order valence-corrected chi connectivity index (χ2v) is 5.91. The average molecular weight is 354 g/mol. The fraction of sp³-hybridized carbons (Fsp3) is 0.143. The van der Waals surface area contributed by atoms with Gasteiger partial charge in [0.05, 0.1) is 16.0 Å². The maximum absolute atomic E-state index is 11.8. The van der Waals surface area contributed by atoms with Crippen molar-refractivity contribution in [2.75, 3.05) is 0 Å². The first kappa shape index (κ1) is 16.9. The summed E-state index contributed by atoms with van der Waals surface area (Å²) >= 11 is 6.73. The van der Waals surface area contributed by atoms with E-state index in [1.165, 1.54) is 12.3 Å². The van der Waals surface area contributed by atoms with Crippen LogP contribution >= 0.6 is 22.9 Å². The molecule has 120 valence electrons. The lowest BCUT2D eigenvalue weighted by molar-refractivity contribution is -0.380. The van der Waals surface area contributed by atoms with E-state index < -0.39 is 16.9 Å². The molecule has 0 radical (unpaired) electrons. The van der Waals surface area contributed by atoms with Gasteiger partial charge in [0.25, 0.3) is 5.91 Å². The molecule has 1 aromatic carbocycles. The van der Waals surface area contributed by atoms with Crippen molar-refractivity contribution in [3.05, 3.63) is 56.4 Å². The number of hydrogen-bond acceptors (Lipinski definition) is 6. The number of thiophene rings is 1. The lowest BCUT2D eigenvalue weighted by Gasteiger charge is -2.12. The van der Waals surface area contributed by atoms with Crippen molar-refractivity contribution >= 4 is 40.1 Å². The first-order chi connectivity index (χ1) is 11.0. The van der Waals surface area contributed by atoms with Crippen LogP contribution < -0.4 is 10.2 Å². The zero-order chi connectivity index (χ0) is 16.8. The Morgan fingerprint density at radius 2 is 2.09 bits per heavy atom. The lowest BCUT2D eigenvalue weighted by atomic mass is 10.3. The summed E-state index contributed by atoms with van der Waals surface area (Å²) in [6.45, 7) is 1.58. The van der Waals surface area contributed by atoms with Gasteiger partial charge in [-0.3, -0.25) is 14.9 Å². The van der Waals surface area contributed by atoms with Gasteiger partial charge in [0.15, 0.2) is 6.10 Å². The molecule has 2 rings (SSSR count). The molecule has 0 spiro atoms. The third-order valence-corrected chi connectivity index (χ3v) is 3.88. The molecule has 1 atom stereocenters. The molecule has 23 heavy (non-hydrogen) atoms. The highest BCUT2D eigenvalue weighted by molar-refractivity contribution is 7.16. The average Bonchev–Trinajstić information content (AvgIpc) is 2.98. The van der Waals surface area contributed by atoms with Crippen molar-refractivity contribution in [2.24, 2.45) is 5.10 Å². The summed E-state index contributed by atoms with van der Waals surface area (Å²) in [5, 5.41) is 14.9. The van der Waals surface area contributed by atoms with Crippen LogP contribution in [0.3, 0.4) is 0 Å². The van der Waals surface area contributed by atoms with Crippen LogP contribution in [0.1, 0.15) is 11.8 Å². The molecule has 0 aliphatic heterocycles. The van der Waals surface area contributed by atoms with E-state index in [1.54, 1.807) is 37.3 Å². The van der Waals surface area contributed by atoms with E-state index >= 15 is 0 Å². The van der Waals surface area contributed by atoms with Gasteiger partial charge in [0, 0.05) is 11.1 Å². The van der Waals surface area contributed by atoms with Gasteiger partial charge in [-0.1, -0.05) is 22.9 Å². The third kappa shape index (κ3) is 5.04. The van der Waals surface area contributed by atoms with E-state index in [9.17, 15) is 14.9 Å². The number of ether oxygens (including phenoxy) is 1. The summed E-state index contributed by atoms with van der Waals surface area (Å²) in [6.07, 6.45) is 0.580. The first-order valence-corrected chi connectivity index (χ1v) is 7.64. The van der Waals surface area contributed by atoms with Crippen molar-refractivity contribution in [1.82, 2.24) is 5.43 Å². The van der Waals surface area contributed by atoms with Gasteiger partial charge in [-0.15, -0.1) is 0 Å². The summed E-state index contributed by atoms with van der Waals surface area (Å²) < 4.78 is 5.44. The van der Waals surface area contributed by atoms with E-state index in [2.05, 4.69) is 10.5 Å². The maximum atomic E-state index is 11.8. The number of carbonyl (C=O) groups excluding carboxylic acids is 1. The highest BCUT2D eigenvalue weighted by Crippen LogP contribution is 2.22. The molecule has 0 saturated carbocycles. The number of carbonyl (C=O) groups is 1. The van der Waals surface area contributed by atoms with Crippen LogP contribution in [-0.4, -0.2) is 23.1 Å². The lowest BCUT2D eigenvalue weighted by Crippen LogP contribution is -2.33. The van der Waals surface area contributed by atoms with Crippen LogP contribution in [0.4, 0.5) is 5.00 Å². The van der Waals surface area contributed by atoms with Crippen molar-refractivity contribution in [1.29, 1.82) is 0 Å². The van der Waals surface area contributed by atoms with Gasteiger partial charge in [0.2, 0.25) is 0 Å². The van der Waals surface area contributed by atoms with Gasteiger partial charge >= 0.3 is 5.00 Å². The largest absolute Gasteiger partial charge is 0.481 e. The topological polar surface area (TPSA) is 93.8 Å². The Morgan fingerprint density at radius 1 is 1.39 bits per heavy atom. The predicted molar refractivity (Wildman–Crippen MR) is 88.3 cm³/mol. The maximum Gasteiger partial charge on any atom is 0.324 e. The van der Waals surface area contributed by atoms with Crippen LogP contribution in [0.5, 0.6) is 5.75 Å². The number of nitrogens with one attached hydrogen (secondary N) is 1. The highest BCUT2D eigenvalue weighted by atomic mass is 35.5. The Balaban J connectivity index is 1.86. The smallest absolute Gasteiger partial charge is 0.324 e. The molecule has 1 aromatic heterocycles. The molecule has 1 unspecified atom stereocenters. The molecule has 0 aliphatic rings. The van der Waals surface area contributed by atoms with E-state index in [4.69, 9.17) is 16.3 Å². The second-order valence-electron chi connectivity index (χ2n) is 4.38. The van der Waals surface area contributed by atoms with E-state index in [0.29, 0.717) is 15.6 Å². The van der Waals surface area contributed by atoms with E-state index in [0.717, 1.165) is 11.3 Å². The van der Waals surface area contributed by atoms with E-state index in [1.807, 2.05) is 0 Å². The Morgan fingerprint density at radius 3 is 2.70 bits per heavy atom. The number of hydrazone groups is 1. The van der Waals surface area contributed by atoms with Gasteiger partial charge in [-0.05, 0) is 37.3 Å². The Hall–Kier alpha value is -2.45. The number of amides is 1. The number of hydrogen-bond donors (Lipinski definition) is 1. The summed E-state index contributed by atoms with van der Waals surface area (Å²) in [7, 11) is 0. The number of benzene rings is 1. The molecule has 0 aliphatic carbocycles. The normalized spacial score (nSPS) is 12.1. The predicted octanol–water partition coefficient (Wildman–Crippen LogP) is 3.23. The molecule has 2 aromatic rings. The minimum Gasteiger partial charge on any atom is -0.481 e. The van der Waals surface area contributed by atoms with Crippen molar-refractivity contribution in [2.45, 2.75) is 13.0 Å². The van der Waals surface area contributed by atoms with Gasteiger partial charge < -0.3 is 4.74 Å². The standard InChI is InChI=1S/C14H12ClN3O4S/c1-9(22-11-4-2-10(15)3-5-11)14(19)17-16-8-12-6-7-13(23-12)18(20)21/h2-9H,1H3,(H,17,19)/b16-8+. The molecule has 7 nitrogen and oxygen atoms in total. The number of rotatable bonds is 6.